The summed E-state index contributed by atoms with van der Waals surface area (Å²) in [5.41, 5.74) is -0.671. The van der Waals surface area contributed by atoms with Gasteiger partial charge in [0.2, 0.25) is 0 Å². The summed E-state index contributed by atoms with van der Waals surface area (Å²) in [7, 11) is 5.72. The zero-order valence-corrected chi connectivity index (χ0v) is 12.0. The maximum atomic E-state index is 14.0. The Kier molecular flexibility index (Phi) is 4.61. The van der Waals surface area contributed by atoms with Crippen molar-refractivity contribution in [2.45, 2.75) is 26.1 Å². The van der Waals surface area contributed by atoms with Crippen LogP contribution in [0.4, 0.5) is 17.6 Å². The average Bonchev–Trinajstić information content (AvgIpc) is 2.36. The van der Waals surface area contributed by atoms with E-state index in [4.69, 9.17) is 7.85 Å². The van der Waals surface area contributed by atoms with Crippen molar-refractivity contribution in [1.29, 1.82) is 0 Å². The SMILES string of the molecule is [B]c1ccccc1-c1cc(F)c(C(F)(F)OC(C)C)c(F)c1. The van der Waals surface area contributed by atoms with Crippen LogP contribution in [0, 0.1) is 11.6 Å². The highest BCUT2D eigenvalue weighted by Crippen LogP contribution is 2.36. The second kappa shape index (κ2) is 6.12. The maximum Gasteiger partial charge on any atom is 0.389 e. The van der Waals surface area contributed by atoms with Gasteiger partial charge in [-0.05, 0) is 37.1 Å². The Bertz CT molecular complexity index is 663. The van der Waals surface area contributed by atoms with Crippen LogP contribution in [0.3, 0.4) is 0 Å². The van der Waals surface area contributed by atoms with Crippen LogP contribution in [-0.4, -0.2) is 14.0 Å². The summed E-state index contributed by atoms with van der Waals surface area (Å²) in [6, 6.07) is 8.03. The lowest BCUT2D eigenvalue weighted by atomic mass is 9.87. The van der Waals surface area contributed by atoms with Crippen LogP contribution in [-0.2, 0) is 10.8 Å². The number of hydrogen-bond donors (Lipinski definition) is 0. The number of alkyl halides is 2. The van der Waals surface area contributed by atoms with Crippen LogP contribution in [0.15, 0.2) is 36.4 Å². The number of ether oxygens (including phenoxy) is 1. The molecule has 0 heterocycles. The second-order valence-electron chi connectivity index (χ2n) is 5.09. The summed E-state index contributed by atoms with van der Waals surface area (Å²) in [5.74, 6) is -2.77. The summed E-state index contributed by atoms with van der Waals surface area (Å²) >= 11 is 0. The molecule has 0 atom stereocenters. The minimum Gasteiger partial charge on any atom is -0.314 e. The molecule has 1 nitrogen and oxygen atoms in total. The lowest BCUT2D eigenvalue weighted by molar-refractivity contribution is -0.269. The molecule has 2 radical (unpaired) electrons. The zero-order chi connectivity index (χ0) is 16.5. The molecule has 0 aliphatic heterocycles. The minimum absolute atomic E-state index is 0.0807. The monoisotopic (exact) mass is 308 g/mol. The van der Waals surface area contributed by atoms with E-state index in [1.165, 1.54) is 13.8 Å². The fraction of sp³-hybridized carbons (Fsp3) is 0.250. The second-order valence-corrected chi connectivity index (χ2v) is 5.09. The molecule has 0 aliphatic rings. The highest BCUT2D eigenvalue weighted by atomic mass is 19.3. The topological polar surface area (TPSA) is 9.23 Å². The van der Waals surface area contributed by atoms with E-state index in [-0.39, 0.29) is 5.56 Å². The van der Waals surface area contributed by atoms with Gasteiger partial charge in [0.1, 0.15) is 25.0 Å². The van der Waals surface area contributed by atoms with E-state index in [1.807, 2.05) is 0 Å². The normalized spacial score (nSPS) is 12.0. The third-order valence-corrected chi connectivity index (χ3v) is 2.99. The molecular weight excluding hydrogens is 295 g/mol. The predicted molar refractivity (Wildman–Crippen MR) is 77.3 cm³/mol. The molecule has 2 aromatic rings. The summed E-state index contributed by atoms with van der Waals surface area (Å²) in [6.45, 7) is 2.70. The van der Waals surface area contributed by atoms with E-state index < -0.39 is 29.4 Å². The van der Waals surface area contributed by atoms with Gasteiger partial charge in [-0.3, -0.25) is 0 Å². The van der Waals surface area contributed by atoms with Gasteiger partial charge in [-0.15, -0.1) is 0 Å². The molecule has 0 bridgehead atoms. The van der Waals surface area contributed by atoms with Crippen molar-refractivity contribution in [3.8, 4) is 11.1 Å². The van der Waals surface area contributed by atoms with Crippen molar-refractivity contribution >= 4 is 13.3 Å². The Labute approximate surface area is 127 Å². The first-order valence-corrected chi connectivity index (χ1v) is 6.62. The van der Waals surface area contributed by atoms with Crippen LogP contribution in [0.1, 0.15) is 19.4 Å². The molecule has 114 valence electrons. The standard InChI is InChI=1S/C16H13BF4O/c1-9(2)22-16(20,21)15-13(18)7-10(8-14(15)19)11-5-3-4-6-12(11)17/h3-9H,1-2H3. The fourth-order valence-corrected chi connectivity index (χ4v) is 2.12. The molecule has 0 saturated carbocycles. The Morgan fingerprint density at radius 1 is 1.05 bits per heavy atom. The average molecular weight is 308 g/mol. The van der Waals surface area contributed by atoms with Crippen LogP contribution >= 0.6 is 0 Å². The van der Waals surface area contributed by atoms with Gasteiger partial charge < -0.3 is 4.74 Å². The number of benzene rings is 2. The van der Waals surface area contributed by atoms with Crippen molar-refractivity contribution < 1.29 is 22.3 Å². The maximum absolute atomic E-state index is 14.0. The number of rotatable bonds is 4. The first kappa shape index (κ1) is 16.6. The first-order valence-electron chi connectivity index (χ1n) is 6.62. The lowest BCUT2D eigenvalue weighted by Gasteiger charge is -2.21. The summed E-state index contributed by atoms with van der Waals surface area (Å²) in [4.78, 5) is 0. The molecule has 0 aliphatic carbocycles. The highest BCUT2D eigenvalue weighted by Gasteiger charge is 2.40. The molecule has 0 unspecified atom stereocenters. The number of halogens is 4. The van der Waals surface area contributed by atoms with E-state index in [1.54, 1.807) is 24.3 Å². The summed E-state index contributed by atoms with van der Waals surface area (Å²) < 4.78 is 60.0. The van der Waals surface area contributed by atoms with E-state index in [9.17, 15) is 17.6 Å². The van der Waals surface area contributed by atoms with Gasteiger partial charge in [0.25, 0.3) is 0 Å². The quantitative estimate of drug-likeness (QED) is 0.615. The van der Waals surface area contributed by atoms with Gasteiger partial charge >= 0.3 is 6.11 Å². The fourth-order valence-electron chi connectivity index (χ4n) is 2.12. The molecule has 6 heteroatoms. The molecule has 2 aromatic carbocycles. The van der Waals surface area contributed by atoms with Gasteiger partial charge in [0.05, 0.1) is 6.10 Å². The molecular formula is C16H13BF4O. The Morgan fingerprint density at radius 3 is 2.09 bits per heavy atom. The van der Waals surface area contributed by atoms with E-state index in [0.29, 0.717) is 11.0 Å². The molecule has 0 amide bonds. The van der Waals surface area contributed by atoms with E-state index in [0.717, 1.165) is 12.1 Å². The highest BCUT2D eigenvalue weighted by molar-refractivity contribution is 6.35. The molecule has 0 N–H and O–H groups in total. The Hall–Kier alpha value is -1.82. The van der Waals surface area contributed by atoms with Gasteiger partial charge in [0.15, 0.2) is 0 Å². The van der Waals surface area contributed by atoms with Gasteiger partial charge in [0, 0.05) is 0 Å². The summed E-state index contributed by atoms with van der Waals surface area (Å²) in [6.07, 6.45) is -4.94. The lowest BCUT2D eigenvalue weighted by Crippen LogP contribution is -2.25. The van der Waals surface area contributed by atoms with Crippen molar-refractivity contribution in [3.05, 3.63) is 53.6 Å². The van der Waals surface area contributed by atoms with Gasteiger partial charge in [-0.25, -0.2) is 8.78 Å². The predicted octanol–water partition coefficient (Wildman–Crippen LogP) is 3.90. The minimum atomic E-state index is -4.05. The van der Waals surface area contributed by atoms with Crippen molar-refractivity contribution in [3.63, 3.8) is 0 Å². The zero-order valence-electron chi connectivity index (χ0n) is 12.0. The van der Waals surface area contributed by atoms with Crippen LogP contribution in [0.25, 0.3) is 11.1 Å². The molecule has 2 rings (SSSR count). The van der Waals surface area contributed by atoms with E-state index in [2.05, 4.69) is 4.74 Å². The molecule has 0 spiro atoms. The number of hydrogen-bond acceptors (Lipinski definition) is 1. The van der Waals surface area contributed by atoms with Crippen LogP contribution < -0.4 is 5.46 Å². The van der Waals surface area contributed by atoms with Crippen molar-refractivity contribution in [1.82, 2.24) is 0 Å². The van der Waals surface area contributed by atoms with Gasteiger partial charge in [-0.1, -0.05) is 29.7 Å². The van der Waals surface area contributed by atoms with E-state index >= 15 is 0 Å². The Morgan fingerprint density at radius 2 is 1.59 bits per heavy atom. The van der Waals surface area contributed by atoms with Crippen LogP contribution in [0.5, 0.6) is 0 Å². The third kappa shape index (κ3) is 3.33. The largest absolute Gasteiger partial charge is 0.389 e. The smallest absolute Gasteiger partial charge is 0.314 e. The molecule has 0 aromatic heterocycles. The van der Waals surface area contributed by atoms with Crippen molar-refractivity contribution in [2.75, 3.05) is 0 Å². The van der Waals surface area contributed by atoms with Crippen molar-refractivity contribution in [2.24, 2.45) is 0 Å². The first-order chi connectivity index (χ1) is 10.2. The molecule has 0 saturated heterocycles. The molecule has 0 fully saturated rings. The molecule has 22 heavy (non-hydrogen) atoms. The Balaban J connectivity index is 2.52. The van der Waals surface area contributed by atoms with Crippen LogP contribution in [0.2, 0.25) is 0 Å². The van der Waals surface area contributed by atoms with Gasteiger partial charge in [-0.2, -0.15) is 8.78 Å². The third-order valence-electron chi connectivity index (χ3n) is 2.99. The summed E-state index contributed by atoms with van der Waals surface area (Å²) in [5, 5.41) is 0.